The Bertz CT molecular complexity index is 1100. The summed E-state index contributed by atoms with van der Waals surface area (Å²) < 4.78 is 12.2. The molecular weight excluding hydrogens is 368 g/mol. The average molecular weight is 392 g/mol. The van der Waals surface area contributed by atoms with E-state index in [1.807, 2.05) is 63.5 Å². The van der Waals surface area contributed by atoms with Gasteiger partial charge in [-0.05, 0) is 69.5 Å². The van der Waals surface area contributed by atoms with Gasteiger partial charge < -0.3 is 9.26 Å². The highest BCUT2D eigenvalue weighted by molar-refractivity contribution is 5.99. The van der Waals surface area contributed by atoms with Crippen LogP contribution in [0.15, 0.2) is 40.9 Å². The van der Waals surface area contributed by atoms with E-state index in [0.29, 0.717) is 11.4 Å². The van der Waals surface area contributed by atoms with E-state index in [0.717, 1.165) is 33.8 Å². The first-order chi connectivity index (χ1) is 13.8. The number of carbonyl (C=O) groups excluding carboxylic acids is 2. The quantitative estimate of drug-likeness (QED) is 0.352. The highest BCUT2D eigenvalue weighted by Gasteiger charge is 2.13. The van der Waals surface area contributed by atoms with Crippen LogP contribution in [0.2, 0.25) is 0 Å². The van der Waals surface area contributed by atoms with Gasteiger partial charge in [0.25, 0.3) is 0 Å². The largest absolute Gasteiger partial charge is 0.454 e. The molecule has 0 spiro atoms. The van der Waals surface area contributed by atoms with Crippen molar-refractivity contribution in [2.24, 2.45) is 0 Å². The number of aromatic nitrogens is 2. The van der Waals surface area contributed by atoms with Crippen molar-refractivity contribution >= 4 is 17.8 Å². The summed E-state index contributed by atoms with van der Waals surface area (Å²) in [4.78, 5) is 24.3. The molecule has 29 heavy (non-hydrogen) atoms. The third-order valence-electron chi connectivity index (χ3n) is 4.89. The zero-order chi connectivity index (χ0) is 21.1. The van der Waals surface area contributed by atoms with Crippen molar-refractivity contribution in [3.8, 4) is 5.82 Å². The van der Waals surface area contributed by atoms with Gasteiger partial charge in [0.2, 0.25) is 0 Å². The summed E-state index contributed by atoms with van der Waals surface area (Å²) in [5.74, 6) is 0.624. The predicted octanol–water partition coefficient (Wildman–Crippen LogP) is 4.45. The minimum Gasteiger partial charge on any atom is -0.454 e. The predicted molar refractivity (Wildman–Crippen MR) is 110 cm³/mol. The molecule has 0 N–H and O–H groups in total. The Balaban J connectivity index is 1.65. The molecule has 0 saturated heterocycles. The number of carbonyl (C=O) groups is 2. The maximum Gasteiger partial charge on any atom is 0.331 e. The molecule has 2 aromatic heterocycles. The van der Waals surface area contributed by atoms with Gasteiger partial charge in [-0.25, -0.2) is 4.79 Å². The maximum atomic E-state index is 12.2. The minimum atomic E-state index is -0.565. The third-order valence-corrected chi connectivity index (χ3v) is 4.89. The fourth-order valence-electron chi connectivity index (χ4n) is 3.11. The van der Waals surface area contributed by atoms with Crippen molar-refractivity contribution in [1.29, 1.82) is 0 Å². The Morgan fingerprint density at radius 1 is 1.07 bits per heavy atom. The SMILES string of the molecule is Cc1cc(-n2c(C)cc(/C=C/C(=O)OCC(=O)c3ccc(C)c(C)c3)c2C)no1. The number of rotatable bonds is 6. The summed E-state index contributed by atoms with van der Waals surface area (Å²) in [6.45, 7) is 9.36. The Kier molecular flexibility index (Phi) is 5.82. The van der Waals surface area contributed by atoms with Crippen molar-refractivity contribution in [1.82, 2.24) is 9.72 Å². The maximum absolute atomic E-state index is 12.2. The molecule has 3 rings (SSSR count). The summed E-state index contributed by atoms with van der Waals surface area (Å²) in [7, 11) is 0. The summed E-state index contributed by atoms with van der Waals surface area (Å²) in [6.07, 6.45) is 3.00. The monoisotopic (exact) mass is 392 g/mol. The van der Waals surface area contributed by atoms with Gasteiger partial charge in [0.1, 0.15) is 5.76 Å². The van der Waals surface area contributed by atoms with Crippen molar-refractivity contribution in [2.45, 2.75) is 34.6 Å². The van der Waals surface area contributed by atoms with E-state index in [-0.39, 0.29) is 12.4 Å². The standard InChI is InChI=1S/C23H24N2O4/c1-14-6-7-20(10-15(14)2)21(26)13-28-23(27)9-8-19-11-16(3)25(18(19)5)22-12-17(4)29-24-22/h6-12H,13H2,1-5H3/b9-8+. The smallest absolute Gasteiger partial charge is 0.331 e. The fraction of sp³-hybridized carbons (Fsp3) is 0.261. The number of benzene rings is 1. The lowest BCUT2D eigenvalue weighted by Crippen LogP contribution is -2.12. The molecule has 150 valence electrons. The molecular formula is C23H24N2O4. The number of esters is 1. The van der Waals surface area contributed by atoms with E-state index in [4.69, 9.17) is 9.26 Å². The van der Waals surface area contributed by atoms with Crippen LogP contribution in [0.3, 0.4) is 0 Å². The number of Topliss-reactive ketones (excluding diaryl/α,β-unsaturated/α-hetero) is 1. The van der Waals surface area contributed by atoms with E-state index >= 15 is 0 Å². The van der Waals surface area contributed by atoms with Crippen LogP contribution in [0.25, 0.3) is 11.9 Å². The van der Waals surface area contributed by atoms with Crippen molar-refractivity contribution in [3.63, 3.8) is 0 Å². The van der Waals surface area contributed by atoms with Gasteiger partial charge in [-0.15, -0.1) is 0 Å². The van der Waals surface area contributed by atoms with Gasteiger partial charge in [0.15, 0.2) is 18.2 Å². The molecule has 0 atom stereocenters. The molecule has 0 aliphatic heterocycles. The van der Waals surface area contributed by atoms with Crippen LogP contribution in [0.1, 0.15) is 44.2 Å². The second-order valence-electron chi connectivity index (χ2n) is 7.12. The zero-order valence-corrected chi connectivity index (χ0v) is 17.3. The van der Waals surface area contributed by atoms with Crippen LogP contribution in [0.5, 0.6) is 0 Å². The van der Waals surface area contributed by atoms with Crippen LogP contribution in [0, 0.1) is 34.6 Å². The molecule has 3 aromatic rings. The van der Waals surface area contributed by atoms with E-state index in [1.165, 1.54) is 6.08 Å². The number of hydrogen-bond donors (Lipinski definition) is 0. The van der Waals surface area contributed by atoms with Crippen LogP contribution in [0.4, 0.5) is 0 Å². The first-order valence-electron chi connectivity index (χ1n) is 9.34. The highest BCUT2D eigenvalue weighted by Crippen LogP contribution is 2.21. The van der Waals surface area contributed by atoms with Crippen molar-refractivity contribution in [2.75, 3.05) is 6.61 Å². The van der Waals surface area contributed by atoms with Gasteiger partial charge >= 0.3 is 5.97 Å². The molecule has 2 heterocycles. The Labute approximate surface area is 169 Å². The molecule has 1 aromatic carbocycles. The minimum absolute atomic E-state index is 0.227. The fourth-order valence-corrected chi connectivity index (χ4v) is 3.11. The first-order valence-corrected chi connectivity index (χ1v) is 9.34. The lowest BCUT2D eigenvalue weighted by Gasteiger charge is -2.05. The van der Waals surface area contributed by atoms with E-state index < -0.39 is 5.97 Å². The number of hydrogen-bond acceptors (Lipinski definition) is 5. The lowest BCUT2D eigenvalue weighted by atomic mass is 10.0. The van der Waals surface area contributed by atoms with Gasteiger partial charge in [-0.3, -0.25) is 9.36 Å². The number of ketones is 1. The van der Waals surface area contributed by atoms with Crippen LogP contribution >= 0.6 is 0 Å². The van der Waals surface area contributed by atoms with Crippen LogP contribution in [-0.4, -0.2) is 28.1 Å². The third kappa shape index (κ3) is 4.54. The number of nitrogens with zero attached hydrogens (tertiary/aromatic N) is 2. The summed E-state index contributed by atoms with van der Waals surface area (Å²) >= 11 is 0. The van der Waals surface area contributed by atoms with Gasteiger partial charge in [0.05, 0.1) is 0 Å². The van der Waals surface area contributed by atoms with Crippen LogP contribution in [-0.2, 0) is 9.53 Å². The van der Waals surface area contributed by atoms with E-state index in [2.05, 4.69) is 5.16 Å². The molecule has 0 aliphatic carbocycles. The summed E-state index contributed by atoms with van der Waals surface area (Å²) in [6, 6.07) is 9.23. The Morgan fingerprint density at radius 3 is 2.48 bits per heavy atom. The van der Waals surface area contributed by atoms with Crippen molar-refractivity contribution < 1.29 is 18.8 Å². The molecule has 0 saturated carbocycles. The second-order valence-corrected chi connectivity index (χ2v) is 7.12. The molecule has 0 amide bonds. The molecule has 0 unspecified atom stereocenters. The van der Waals surface area contributed by atoms with Gasteiger partial charge in [-0.1, -0.05) is 17.3 Å². The average Bonchev–Trinajstić information content (AvgIpc) is 3.22. The van der Waals surface area contributed by atoms with Crippen LogP contribution < -0.4 is 0 Å². The molecule has 0 fully saturated rings. The van der Waals surface area contributed by atoms with E-state index in [1.54, 1.807) is 12.1 Å². The molecule has 6 nitrogen and oxygen atoms in total. The topological polar surface area (TPSA) is 74.3 Å². The van der Waals surface area contributed by atoms with Crippen molar-refractivity contribution in [3.05, 3.63) is 75.8 Å². The number of aryl methyl sites for hydroxylation is 4. The van der Waals surface area contributed by atoms with E-state index in [9.17, 15) is 9.59 Å². The summed E-state index contributed by atoms with van der Waals surface area (Å²) in [5, 5.41) is 4.04. The summed E-state index contributed by atoms with van der Waals surface area (Å²) in [5.41, 5.74) is 5.43. The highest BCUT2D eigenvalue weighted by atomic mass is 16.5. The number of ether oxygens (including phenoxy) is 1. The lowest BCUT2D eigenvalue weighted by molar-refractivity contribution is -0.136. The molecule has 0 radical (unpaired) electrons. The normalized spacial score (nSPS) is 11.2. The molecule has 0 aliphatic rings. The Hall–Kier alpha value is -3.41. The molecule has 6 heteroatoms. The first kappa shape index (κ1) is 20.3. The zero-order valence-electron chi connectivity index (χ0n) is 17.3. The Morgan fingerprint density at radius 2 is 1.83 bits per heavy atom. The second kappa shape index (κ2) is 8.31. The van der Waals surface area contributed by atoms with Gasteiger partial charge in [0, 0.05) is 29.1 Å². The van der Waals surface area contributed by atoms with Gasteiger partial charge in [-0.2, -0.15) is 0 Å². The molecule has 0 bridgehead atoms.